The van der Waals surface area contributed by atoms with Crippen molar-refractivity contribution in [1.82, 2.24) is 19.6 Å². The molecule has 0 amide bonds. The van der Waals surface area contributed by atoms with Crippen molar-refractivity contribution < 1.29 is 13.9 Å². The summed E-state index contributed by atoms with van der Waals surface area (Å²) in [6.07, 6.45) is 2.92. The van der Waals surface area contributed by atoms with Gasteiger partial charge in [-0.1, -0.05) is 12.1 Å². The van der Waals surface area contributed by atoms with Gasteiger partial charge in [-0.2, -0.15) is 9.50 Å². The van der Waals surface area contributed by atoms with Crippen LogP contribution in [-0.4, -0.2) is 26.2 Å². The van der Waals surface area contributed by atoms with E-state index in [0.717, 1.165) is 11.4 Å². The van der Waals surface area contributed by atoms with Crippen LogP contribution in [0.3, 0.4) is 0 Å². The van der Waals surface area contributed by atoms with Crippen molar-refractivity contribution in [1.29, 1.82) is 0 Å². The van der Waals surface area contributed by atoms with Gasteiger partial charge in [0.05, 0.1) is 6.26 Å². The summed E-state index contributed by atoms with van der Waals surface area (Å²) in [6, 6.07) is 13.1. The molecule has 0 saturated carbocycles. The van der Waals surface area contributed by atoms with Gasteiger partial charge in [0.25, 0.3) is 5.78 Å². The second-order valence-corrected chi connectivity index (χ2v) is 5.35. The Balaban J connectivity index is 1.56. The summed E-state index contributed by atoms with van der Waals surface area (Å²) in [5.74, 6) is 3.13. The summed E-state index contributed by atoms with van der Waals surface area (Å²) in [7, 11) is 0. The molecule has 1 aliphatic heterocycles. The van der Waals surface area contributed by atoms with Gasteiger partial charge in [0.1, 0.15) is 12.3 Å². The molecule has 1 aromatic carbocycles. The molecular formula is C17H12N4O3. The molecule has 118 valence electrons. The molecule has 3 aromatic heterocycles. The van der Waals surface area contributed by atoms with E-state index in [-0.39, 0.29) is 6.10 Å². The zero-order chi connectivity index (χ0) is 15.9. The second-order valence-electron chi connectivity index (χ2n) is 5.35. The van der Waals surface area contributed by atoms with E-state index in [4.69, 9.17) is 13.9 Å². The molecule has 0 N–H and O–H groups in total. The van der Waals surface area contributed by atoms with Crippen LogP contribution in [0.25, 0.3) is 17.2 Å². The molecule has 0 spiro atoms. The van der Waals surface area contributed by atoms with E-state index >= 15 is 0 Å². The van der Waals surface area contributed by atoms with Gasteiger partial charge < -0.3 is 13.9 Å². The zero-order valence-electron chi connectivity index (χ0n) is 12.5. The average Bonchev–Trinajstić information content (AvgIpc) is 3.30. The van der Waals surface area contributed by atoms with Crippen LogP contribution in [-0.2, 0) is 0 Å². The van der Waals surface area contributed by atoms with E-state index in [0.29, 0.717) is 29.7 Å². The van der Waals surface area contributed by atoms with Gasteiger partial charge in [-0.25, -0.2) is 4.98 Å². The van der Waals surface area contributed by atoms with Gasteiger partial charge in [0.2, 0.25) is 0 Å². The van der Waals surface area contributed by atoms with Crippen molar-refractivity contribution in [3.8, 4) is 23.0 Å². The first kappa shape index (κ1) is 13.1. The number of para-hydroxylation sites is 2. The van der Waals surface area contributed by atoms with Crippen molar-refractivity contribution in [2.24, 2.45) is 0 Å². The first-order valence-electron chi connectivity index (χ1n) is 7.52. The highest BCUT2D eigenvalue weighted by molar-refractivity contribution is 5.55. The summed E-state index contributed by atoms with van der Waals surface area (Å²) in [5, 5.41) is 4.54. The molecule has 1 aliphatic rings. The van der Waals surface area contributed by atoms with Crippen LogP contribution >= 0.6 is 0 Å². The largest absolute Gasteiger partial charge is 0.485 e. The lowest BCUT2D eigenvalue weighted by Gasteiger charge is -2.24. The molecule has 24 heavy (non-hydrogen) atoms. The van der Waals surface area contributed by atoms with Crippen LogP contribution < -0.4 is 9.47 Å². The summed E-state index contributed by atoms with van der Waals surface area (Å²) < 4.78 is 18.8. The van der Waals surface area contributed by atoms with E-state index < -0.39 is 0 Å². The minimum absolute atomic E-state index is 0.351. The fourth-order valence-electron chi connectivity index (χ4n) is 2.70. The predicted molar refractivity (Wildman–Crippen MR) is 83.8 cm³/mol. The van der Waals surface area contributed by atoms with Gasteiger partial charge in [0, 0.05) is 6.20 Å². The number of fused-ring (bicyclic) bond motifs is 2. The van der Waals surface area contributed by atoms with Gasteiger partial charge in [-0.3, -0.25) is 0 Å². The average molecular weight is 320 g/mol. The van der Waals surface area contributed by atoms with Crippen molar-refractivity contribution >= 4 is 5.78 Å². The number of nitrogens with zero attached hydrogens (tertiary/aromatic N) is 4. The molecule has 1 unspecified atom stereocenters. The number of hydrogen-bond acceptors (Lipinski definition) is 6. The van der Waals surface area contributed by atoms with E-state index in [1.54, 1.807) is 17.0 Å². The lowest BCUT2D eigenvalue weighted by atomic mass is 10.2. The molecule has 0 bridgehead atoms. The van der Waals surface area contributed by atoms with E-state index in [9.17, 15) is 0 Å². The van der Waals surface area contributed by atoms with Gasteiger partial charge in [-0.15, -0.1) is 5.10 Å². The molecule has 7 nitrogen and oxygen atoms in total. The first-order chi connectivity index (χ1) is 11.9. The van der Waals surface area contributed by atoms with Crippen molar-refractivity contribution in [2.75, 3.05) is 6.61 Å². The van der Waals surface area contributed by atoms with E-state index in [2.05, 4.69) is 15.1 Å². The predicted octanol–water partition coefficient (Wildman–Crippen LogP) is 2.90. The lowest BCUT2D eigenvalue weighted by molar-refractivity contribution is 0.0852. The Morgan fingerprint density at radius 2 is 1.96 bits per heavy atom. The van der Waals surface area contributed by atoms with E-state index in [1.165, 1.54) is 0 Å². The third-order valence-corrected chi connectivity index (χ3v) is 3.83. The summed E-state index contributed by atoms with van der Waals surface area (Å²) in [4.78, 5) is 8.74. The smallest absolute Gasteiger partial charge is 0.253 e. The molecule has 7 heteroatoms. The maximum atomic E-state index is 5.96. The third-order valence-electron chi connectivity index (χ3n) is 3.83. The monoisotopic (exact) mass is 320 g/mol. The summed E-state index contributed by atoms with van der Waals surface area (Å²) >= 11 is 0. The van der Waals surface area contributed by atoms with Gasteiger partial charge in [-0.05, 0) is 30.3 Å². The van der Waals surface area contributed by atoms with Gasteiger partial charge >= 0.3 is 0 Å². The summed E-state index contributed by atoms with van der Waals surface area (Å²) in [5.41, 5.74) is 0.779. The molecule has 4 heterocycles. The summed E-state index contributed by atoms with van der Waals surface area (Å²) in [6.45, 7) is 0.351. The lowest BCUT2D eigenvalue weighted by Crippen LogP contribution is -2.22. The van der Waals surface area contributed by atoms with Gasteiger partial charge in [0.15, 0.2) is 29.2 Å². The molecule has 0 fully saturated rings. The third kappa shape index (κ3) is 2.02. The normalized spacial score (nSPS) is 16.4. The molecule has 5 rings (SSSR count). The number of hydrogen-bond donors (Lipinski definition) is 0. The quantitative estimate of drug-likeness (QED) is 0.565. The minimum atomic E-state index is -0.383. The number of rotatable bonds is 2. The highest BCUT2D eigenvalue weighted by Gasteiger charge is 2.26. The Kier molecular flexibility index (Phi) is 2.78. The Bertz CT molecular complexity index is 1010. The molecule has 0 saturated heterocycles. The highest BCUT2D eigenvalue weighted by Crippen LogP contribution is 2.35. The van der Waals surface area contributed by atoms with Crippen LogP contribution in [0.1, 0.15) is 11.9 Å². The number of aromatic nitrogens is 4. The Morgan fingerprint density at radius 1 is 1.04 bits per heavy atom. The Morgan fingerprint density at radius 3 is 2.83 bits per heavy atom. The van der Waals surface area contributed by atoms with Crippen LogP contribution in [0.5, 0.6) is 11.5 Å². The molecule has 1 atom stereocenters. The van der Waals surface area contributed by atoms with Crippen LogP contribution in [0.2, 0.25) is 0 Å². The van der Waals surface area contributed by atoms with Crippen LogP contribution in [0, 0.1) is 0 Å². The van der Waals surface area contributed by atoms with Crippen molar-refractivity contribution in [2.45, 2.75) is 6.10 Å². The minimum Gasteiger partial charge on any atom is -0.485 e. The standard InChI is InChI=1S/C17H12N4O3/c1-2-5-14-13(4-1)23-10-15(24-14)16-19-17-18-8-7-11(21(17)20-16)12-6-3-9-22-12/h1-9,15H,10H2. The Hall–Kier alpha value is -3.35. The first-order valence-corrected chi connectivity index (χ1v) is 7.52. The number of ether oxygens (including phenoxy) is 2. The van der Waals surface area contributed by atoms with Crippen LogP contribution in [0.4, 0.5) is 0 Å². The highest BCUT2D eigenvalue weighted by atomic mass is 16.6. The maximum Gasteiger partial charge on any atom is 0.253 e. The van der Waals surface area contributed by atoms with Crippen molar-refractivity contribution in [3.05, 3.63) is 60.7 Å². The molecular weight excluding hydrogens is 308 g/mol. The molecule has 4 aromatic rings. The maximum absolute atomic E-state index is 5.96. The van der Waals surface area contributed by atoms with Crippen LogP contribution in [0.15, 0.2) is 59.3 Å². The molecule has 0 aliphatic carbocycles. The second kappa shape index (κ2) is 5.09. The van der Waals surface area contributed by atoms with E-state index in [1.807, 2.05) is 42.5 Å². The SMILES string of the molecule is c1coc(-c2ccnc3nc(C4COc5ccccc5O4)nn23)c1. The zero-order valence-corrected chi connectivity index (χ0v) is 12.5. The fourth-order valence-corrected chi connectivity index (χ4v) is 2.70. The topological polar surface area (TPSA) is 74.7 Å². The Labute approximate surface area is 136 Å². The number of furan rings is 1. The van der Waals surface area contributed by atoms with Crippen molar-refractivity contribution in [3.63, 3.8) is 0 Å². The fraction of sp³-hybridized carbons (Fsp3) is 0.118. The number of benzene rings is 1. The molecule has 0 radical (unpaired) electrons.